The zero-order valence-electron chi connectivity index (χ0n) is 26.0. The maximum absolute atomic E-state index is 15.0. The zero-order chi connectivity index (χ0) is 32.8. The Morgan fingerprint density at radius 2 is 1.76 bits per heavy atom. The van der Waals surface area contributed by atoms with Gasteiger partial charge in [0.1, 0.15) is 47.3 Å². The summed E-state index contributed by atoms with van der Waals surface area (Å²) in [6, 6.07) is 23.4. The van der Waals surface area contributed by atoms with Crippen molar-refractivity contribution in [1.82, 2.24) is 10.3 Å². The normalized spacial score (nSPS) is 13.4. The number of nitrogens with two attached hydrogens (primary N) is 1. The van der Waals surface area contributed by atoms with Crippen LogP contribution in [0.4, 0.5) is 20.7 Å². The monoisotopic (exact) mass is 618 g/mol. The lowest BCUT2D eigenvalue weighted by Crippen LogP contribution is -2.46. The first kappa shape index (κ1) is 31.8. The fraction of sp³-hybridized carbons (Fsp3) is 0.278. The highest BCUT2D eigenvalue weighted by Crippen LogP contribution is 2.41. The van der Waals surface area contributed by atoms with Crippen molar-refractivity contribution in [3.63, 3.8) is 0 Å². The minimum absolute atomic E-state index is 0.0907. The van der Waals surface area contributed by atoms with Gasteiger partial charge < -0.3 is 25.4 Å². The summed E-state index contributed by atoms with van der Waals surface area (Å²) >= 11 is 0. The van der Waals surface area contributed by atoms with E-state index in [1.165, 1.54) is 12.1 Å². The highest BCUT2D eigenvalue weighted by atomic mass is 19.1. The van der Waals surface area contributed by atoms with E-state index in [9.17, 15) is 19.7 Å². The van der Waals surface area contributed by atoms with Gasteiger partial charge >= 0.3 is 6.09 Å². The smallest absolute Gasteiger partial charge is 0.407 e. The van der Waals surface area contributed by atoms with Gasteiger partial charge in [0, 0.05) is 36.5 Å². The van der Waals surface area contributed by atoms with Gasteiger partial charge in [-0.3, -0.25) is 0 Å². The summed E-state index contributed by atoms with van der Waals surface area (Å²) in [5.74, 6) is 0.226. The molecule has 1 aromatic heterocycles. The molecular formula is C36H35FN6O3. The summed E-state index contributed by atoms with van der Waals surface area (Å²) in [4.78, 5) is 19.1. The molecule has 2 heterocycles. The molecule has 0 radical (unpaired) electrons. The molecule has 0 saturated carbocycles. The molecule has 1 fully saturated rings. The van der Waals surface area contributed by atoms with Gasteiger partial charge in [0.05, 0.1) is 11.3 Å². The molecule has 0 spiro atoms. The molecule has 5 rings (SSSR count). The largest absolute Gasteiger partial charge is 0.487 e. The molecule has 10 heteroatoms. The van der Waals surface area contributed by atoms with Crippen molar-refractivity contribution in [2.45, 2.75) is 51.9 Å². The molecule has 9 nitrogen and oxygen atoms in total. The number of halogens is 1. The summed E-state index contributed by atoms with van der Waals surface area (Å²) in [5.41, 5.74) is 9.42. The molecular weight excluding hydrogens is 583 g/mol. The minimum atomic E-state index is -0.688. The van der Waals surface area contributed by atoms with E-state index in [2.05, 4.69) is 11.4 Å². The number of carbonyl (C=O) groups excluding carboxylic acids is 1. The van der Waals surface area contributed by atoms with Crippen molar-refractivity contribution < 1.29 is 18.7 Å². The number of ether oxygens (including phenoxy) is 2. The van der Waals surface area contributed by atoms with Crippen LogP contribution < -0.4 is 20.7 Å². The Hall–Kier alpha value is -5.61. The van der Waals surface area contributed by atoms with Crippen molar-refractivity contribution in [1.29, 1.82) is 10.5 Å². The van der Waals surface area contributed by atoms with Crippen molar-refractivity contribution >= 4 is 17.6 Å². The molecule has 3 N–H and O–H groups in total. The van der Waals surface area contributed by atoms with Crippen molar-refractivity contribution in [3.05, 3.63) is 95.4 Å². The van der Waals surface area contributed by atoms with Crippen LogP contribution in [0.5, 0.6) is 5.75 Å². The third-order valence-corrected chi connectivity index (χ3v) is 7.63. The number of piperidine rings is 1. The summed E-state index contributed by atoms with van der Waals surface area (Å²) in [5, 5.41) is 22.8. The molecule has 0 aliphatic carbocycles. The first-order valence-corrected chi connectivity index (χ1v) is 15.0. The van der Waals surface area contributed by atoms with Crippen molar-refractivity contribution in [3.8, 4) is 40.1 Å². The van der Waals surface area contributed by atoms with Gasteiger partial charge in [-0.2, -0.15) is 10.5 Å². The number of benzene rings is 3. The molecule has 1 saturated heterocycles. The third kappa shape index (κ3) is 7.36. The van der Waals surface area contributed by atoms with Gasteiger partial charge in [-0.05, 0) is 74.6 Å². The number of rotatable bonds is 7. The second kappa shape index (κ2) is 13.6. The fourth-order valence-corrected chi connectivity index (χ4v) is 5.40. The minimum Gasteiger partial charge on any atom is -0.487 e. The van der Waals surface area contributed by atoms with Gasteiger partial charge in [0.2, 0.25) is 0 Å². The summed E-state index contributed by atoms with van der Waals surface area (Å²) in [7, 11) is 0. The average Bonchev–Trinajstić information content (AvgIpc) is 3.03. The van der Waals surface area contributed by atoms with E-state index in [1.807, 2.05) is 62.1 Å². The van der Waals surface area contributed by atoms with E-state index in [-0.39, 0.29) is 17.2 Å². The number of alkyl carbamates (subject to hydrolysis) is 1. The van der Waals surface area contributed by atoms with Gasteiger partial charge in [0.25, 0.3) is 0 Å². The number of aromatic nitrogens is 1. The van der Waals surface area contributed by atoms with E-state index in [0.29, 0.717) is 72.0 Å². The third-order valence-electron chi connectivity index (χ3n) is 7.63. The number of carbonyl (C=O) groups is 1. The number of hydrogen-bond acceptors (Lipinski definition) is 8. The Morgan fingerprint density at radius 1 is 1.04 bits per heavy atom. The van der Waals surface area contributed by atoms with E-state index in [0.717, 1.165) is 5.56 Å². The Balaban J connectivity index is 1.50. The molecule has 4 aromatic rings. The van der Waals surface area contributed by atoms with Crippen LogP contribution in [0.3, 0.4) is 0 Å². The lowest BCUT2D eigenvalue weighted by Gasteiger charge is -2.34. The molecule has 46 heavy (non-hydrogen) atoms. The van der Waals surface area contributed by atoms with Crippen LogP contribution >= 0.6 is 0 Å². The molecule has 1 aliphatic heterocycles. The molecule has 1 aliphatic rings. The quantitative estimate of drug-likeness (QED) is 0.212. The number of nitrogens with one attached hydrogen (secondary N) is 1. The summed E-state index contributed by atoms with van der Waals surface area (Å²) in [6.07, 6.45) is 2.44. The molecule has 0 unspecified atom stereocenters. The van der Waals surface area contributed by atoms with E-state index < -0.39 is 17.5 Å². The number of nitriles is 2. The number of anilines is 2. The van der Waals surface area contributed by atoms with Crippen molar-refractivity contribution in [2.75, 3.05) is 23.7 Å². The Kier molecular flexibility index (Phi) is 9.39. The zero-order valence-corrected chi connectivity index (χ0v) is 26.0. The number of amides is 1. The summed E-state index contributed by atoms with van der Waals surface area (Å²) in [6.45, 7) is 6.81. The molecule has 0 bridgehead atoms. The number of pyridine rings is 1. The van der Waals surface area contributed by atoms with Crippen LogP contribution in [0.1, 0.15) is 50.3 Å². The molecule has 1 amide bonds. The van der Waals surface area contributed by atoms with Gasteiger partial charge in [-0.1, -0.05) is 42.5 Å². The topological polar surface area (TPSA) is 137 Å². The highest BCUT2D eigenvalue weighted by Gasteiger charge is 2.28. The van der Waals surface area contributed by atoms with E-state index in [1.54, 1.807) is 30.5 Å². The van der Waals surface area contributed by atoms with Crippen LogP contribution in [0.15, 0.2) is 72.9 Å². The van der Waals surface area contributed by atoms with Crippen LogP contribution in [0.25, 0.3) is 22.3 Å². The second-order valence-corrected chi connectivity index (χ2v) is 12.1. The molecule has 0 atom stereocenters. The molecule has 234 valence electrons. The highest BCUT2D eigenvalue weighted by molar-refractivity contribution is 5.91. The molecule has 3 aromatic carbocycles. The Bertz CT molecular complexity index is 1820. The number of nitrogens with zero attached hydrogens (tertiary/aromatic N) is 4. The van der Waals surface area contributed by atoms with Crippen LogP contribution in [-0.4, -0.2) is 35.8 Å². The second-order valence-electron chi connectivity index (χ2n) is 12.1. The fourth-order valence-electron chi connectivity index (χ4n) is 5.40. The average molecular weight is 619 g/mol. The first-order valence-electron chi connectivity index (χ1n) is 15.0. The number of hydrogen-bond donors (Lipinski definition) is 2. The van der Waals surface area contributed by atoms with Gasteiger partial charge in [-0.25, -0.2) is 14.2 Å². The first-order chi connectivity index (χ1) is 22.1. The number of nitrogen functional groups attached to an aromatic ring is 1. The maximum atomic E-state index is 15.0. The lowest BCUT2D eigenvalue weighted by atomic mass is 9.91. The van der Waals surface area contributed by atoms with Crippen molar-refractivity contribution in [2.24, 2.45) is 0 Å². The van der Waals surface area contributed by atoms with Gasteiger partial charge in [-0.15, -0.1) is 0 Å². The van der Waals surface area contributed by atoms with Crippen LogP contribution in [-0.2, 0) is 11.3 Å². The maximum Gasteiger partial charge on any atom is 0.407 e. The Morgan fingerprint density at radius 3 is 2.41 bits per heavy atom. The SMILES string of the molecule is CC(C)(C)OC(=O)NC1CCN(c2ncc(-c3ccc(N)c(OCc4ccccc4)c3)c(-c3ccc(C#N)c(F)c3)c2C#N)CC1. The van der Waals surface area contributed by atoms with E-state index in [4.69, 9.17) is 20.2 Å². The van der Waals surface area contributed by atoms with Crippen LogP contribution in [0.2, 0.25) is 0 Å². The predicted octanol–water partition coefficient (Wildman–Crippen LogP) is 6.95. The van der Waals surface area contributed by atoms with E-state index >= 15 is 0 Å². The Labute approximate surface area is 268 Å². The van der Waals surface area contributed by atoms with Gasteiger partial charge in [0.15, 0.2) is 0 Å². The standard InChI is InChI=1S/C36H35FN6O3/c1-36(2,3)46-35(44)42-27-13-15-43(16-14-27)34-28(20-39)33(25-9-10-26(19-38)30(37)17-25)29(21-41-34)24-11-12-31(40)32(18-24)45-22-23-7-5-4-6-8-23/h4-12,17-18,21,27H,13-16,22,40H2,1-3H3,(H,42,44). The summed E-state index contributed by atoms with van der Waals surface area (Å²) < 4.78 is 26.4. The lowest BCUT2D eigenvalue weighted by molar-refractivity contribution is 0.0497. The predicted molar refractivity (Wildman–Crippen MR) is 174 cm³/mol. The van der Waals surface area contributed by atoms with Crippen LogP contribution in [0, 0.1) is 28.5 Å².